The Morgan fingerprint density at radius 2 is 1.82 bits per heavy atom. The largest absolute Gasteiger partial charge is 0.481 e. The van der Waals surface area contributed by atoms with Gasteiger partial charge in [-0.05, 0) is 32.1 Å². The van der Waals surface area contributed by atoms with Gasteiger partial charge >= 0.3 is 5.97 Å². The van der Waals surface area contributed by atoms with E-state index >= 15 is 0 Å². The summed E-state index contributed by atoms with van der Waals surface area (Å²) in [6.07, 6.45) is 3.99. The monoisotopic (exact) mass is 308 g/mol. The van der Waals surface area contributed by atoms with Crippen LogP contribution in [0, 0.1) is 11.8 Å². The molecule has 1 aliphatic rings. The molecule has 122 valence electrons. The van der Waals surface area contributed by atoms with Crippen LogP contribution in [0.15, 0.2) is 4.52 Å². The van der Waals surface area contributed by atoms with Crippen molar-refractivity contribution in [2.75, 3.05) is 0 Å². The van der Waals surface area contributed by atoms with Crippen LogP contribution in [0.5, 0.6) is 0 Å². The fraction of sp³-hybridized carbons (Fsp3) is 0.688. The van der Waals surface area contributed by atoms with Crippen LogP contribution in [0.1, 0.15) is 56.5 Å². The number of nitrogens with zero attached hydrogens (tertiary/aromatic N) is 1. The van der Waals surface area contributed by atoms with Crippen molar-refractivity contribution in [2.24, 2.45) is 11.8 Å². The molecule has 1 saturated carbocycles. The highest BCUT2D eigenvalue weighted by Crippen LogP contribution is 2.29. The number of amides is 1. The summed E-state index contributed by atoms with van der Waals surface area (Å²) in [5, 5.41) is 16.0. The van der Waals surface area contributed by atoms with Crippen molar-refractivity contribution in [1.29, 1.82) is 0 Å². The molecule has 1 aromatic heterocycles. The summed E-state index contributed by atoms with van der Waals surface area (Å²) in [4.78, 5) is 23.2. The quantitative estimate of drug-likeness (QED) is 0.841. The number of aliphatic carboxylic acids is 1. The molecule has 0 radical (unpaired) electrons. The van der Waals surface area contributed by atoms with Gasteiger partial charge in [0, 0.05) is 24.4 Å². The number of carbonyl (C=O) groups excluding carboxylic acids is 1. The van der Waals surface area contributed by atoms with Crippen molar-refractivity contribution in [3.05, 3.63) is 17.0 Å². The molecule has 0 spiro atoms. The number of hydrogen-bond donors (Lipinski definition) is 2. The number of carbonyl (C=O) groups is 2. The topological polar surface area (TPSA) is 92.4 Å². The summed E-state index contributed by atoms with van der Waals surface area (Å²) in [7, 11) is 0. The number of carboxylic acid groups (broad SMARTS) is 1. The number of hydrogen-bond acceptors (Lipinski definition) is 4. The number of nitrogens with one attached hydrogen (secondary N) is 1. The smallest absolute Gasteiger partial charge is 0.306 e. The van der Waals surface area contributed by atoms with Crippen molar-refractivity contribution in [2.45, 2.75) is 58.9 Å². The second kappa shape index (κ2) is 7.42. The highest BCUT2D eigenvalue weighted by molar-refractivity contribution is 5.79. The zero-order valence-electron chi connectivity index (χ0n) is 13.2. The first-order valence-electron chi connectivity index (χ1n) is 8.03. The lowest BCUT2D eigenvalue weighted by molar-refractivity contribution is -0.144. The number of aromatic nitrogens is 1. The molecule has 1 fully saturated rings. The molecule has 22 heavy (non-hydrogen) atoms. The molecule has 2 N–H and O–H groups in total. The maximum Gasteiger partial charge on any atom is 0.306 e. The molecule has 0 atom stereocenters. The highest BCUT2D eigenvalue weighted by Gasteiger charge is 2.29. The fourth-order valence-electron chi connectivity index (χ4n) is 3.06. The van der Waals surface area contributed by atoms with Gasteiger partial charge in [-0.25, -0.2) is 0 Å². The number of carboxylic acids is 1. The first-order valence-corrected chi connectivity index (χ1v) is 8.03. The molecule has 0 aromatic carbocycles. The second-order valence-electron chi connectivity index (χ2n) is 5.84. The molecule has 0 unspecified atom stereocenters. The summed E-state index contributed by atoms with van der Waals surface area (Å²) in [5.41, 5.74) is 1.88. The Hall–Kier alpha value is -1.85. The predicted octanol–water partition coefficient (Wildman–Crippen LogP) is 2.31. The first kappa shape index (κ1) is 16.5. The van der Waals surface area contributed by atoms with E-state index in [1.54, 1.807) is 0 Å². The number of rotatable bonds is 6. The lowest BCUT2D eigenvalue weighted by atomic mass is 9.81. The zero-order chi connectivity index (χ0) is 16.1. The van der Waals surface area contributed by atoms with Gasteiger partial charge in [-0.2, -0.15) is 0 Å². The summed E-state index contributed by atoms with van der Waals surface area (Å²) in [6.45, 7) is 4.45. The SMILES string of the molecule is CCc1noc(CC)c1CNC(=O)C1CCC(C(=O)O)CC1. The maximum atomic E-state index is 12.3. The second-order valence-corrected chi connectivity index (χ2v) is 5.84. The van der Waals surface area contributed by atoms with E-state index in [-0.39, 0.29) is 17.7 Å². The molecule has 1 amide bonds. The summed E-state index contributed by atoms with van der Waals surface area (Å²) in [6, 6.07) is 0. The van der Waals surface area contributed by atoms with Gasteiger partial charge in [-0.15, -0.1) is 0 Å². The molecule has 0 aliphatic heterocycles. The van der Waals surface area contributed by atoms with Crippen molar-refractivity contribution in [1.82, 2.24) is 10.5 Å². The van der Waals surface area contributed by atoms with Gasteiger partial charge in [0.05, 0.1) is 11.6 Å². The van der Waals surface area contributed by atoms with Crippen LogP contribution in [-0.2, 0) is 29.0 Å². The molecule has 0 saturated heterocycles. The highest BCUT2D eigenvalue weighted by atomic mass is 16.5. The van der Waals surface area contributed by atoms with Crippen LogP contribution in [-0.4, -0.2) is 22.1 Å². The summed E-state index contributed by atoms with van der Waals surface area (Å²) in [5.74, 6) is -0.282. The molecule has 2 rings (SSSR count). The van der Waals surface area contributed by atoms with E-state index in [1.165, 1.54) is 0 Å². The lowest BCUT2D eigenvalue weighted by Gasteiger charge is -2.25. The van der Waals surface area contributed by atoms with Crippen LogP contribution in [0.4, 0.5) is 0 Å². The standard InChI is InChI=1S/C16H24N2O4/c1-3-13-12(14(4-2)22-18-13)9-17-15(19)10-5-7-11(8-6-10)16(20)21/h10-11H,3-9H2,1-2H3,(H,17,19)(H,20,21). The molecule has 0 bridgehead atoms. The third-order valence-electron chi connectivity index (χ3n) is 4.49. The van der Waals surface area contributed by atoms with E-state index in [2.05, 4.69) is 10.5 Å². The normalized spacial score (nSPS) is 21.5. The van der Waals surface area contributed by atoms with Crippen molar-refractivity contribution in [3.8, 4) is 0 Å². The van der Waals surface area contributed by atoms with Gasteiger partial charge in [0.15, 0.2) is 0 Å². The minimum absolute atomic E-state index is 0.00847. The van der Waals surface area contributed by atoms with Crippen LogP contribution >= 0.6 is 0 Å². The third-order valence-corrected chi connectivity index (χ3v) is 4.49. The van der Waals surface area contributed by atoms with Crippen LogP contribution < -0.4 is 5.32 Å². The summed E-state index contributed by atoms with van der Waals surface area (Å²) >= 11 is 0. The first-order chi connectivity index (χ1) is 10.6. The van der Waals surface area contributed by atoms with E-state index in [4.69, 9.17) is 9.63 Å². The van der Waals surface area contributed by atoms with E-state index in [9.17, 15) is 9.59 Å². The van der Waals surface area contributed by atoms with Gasteiger partial charge in [-0.1, -0.05) is 19.0 Å². The van der Waals surface area contributed by atoms with Crippen molar-refractivity contribution in [3.63, 3.8) is 0 Å². The Morgan fingerprint density at radius 3 is 2.36 bits per heavy atom. The molecule has 6 heteroatoms. The van der Waals surface area contributed by atoms with Crippen molar-refractivity contribution < 1.29 is 19.2 Å². The van der Waals surface area contributed by atoms with Crippen LogP contribution in [0.2, 0.25) is 0 Å². The maximum absolute atomic E-state index is 12.3. The van der Waals surface area contributed by atoms with Gasteiger partial charge in [0.25, 0.3) is 0 Å². The molecule has 1 aliphatic carbocycles. The van der Waals surface area contributed by atoms with E-state index in [0.717, 1.165) is 29.9 Å². The lowest BCUT2D eigenvalue weighted by Crippen LogP contribution is -2.34. The Bertz CT molecular complexity index is 509. The van der Waals surface area contributed by atoms with Crippen molar-refractivity contribution >= 4 is 11.9 Å². The summed E-state index contributed by atoms with van der Waals surface area (Å²) < 4.78 is 5.29. The Morgan fingerprint density at radius 1 is 1.18 bits per heavy atom. The van der Waals surface area contributed by atoms with E-state index in [0.29, 0.717) is 32.2 Å². The Labute approximate surface area is 130 Å². The minimum atomic E-state index is -0.747. The Kier molecular flexibility index (Phi) is 5.57. The molecular weight excluding hydrogens is 284 g/mol. The average Bonchev–Trinajstić information content (AvgIpc) is 2.94. The van der Waals surface area contributed by atoms with Gasteiger partial charge in [-0.3, -0.25) is 9.59 Å². The molecular formula is C16H24N2O4. The predicted molar refractivity (Wildman–Crippen MR) is 80.2 cm³/mol. The Balaban J connectivity index is 1.88. The minimum Gasteiger partial charge on any atom is -0.481 e. The average molecular weight is 308 g/mol. The third kappa shape index (κ3) is 3.67. The zero-order valence-corrected chi connectivity index (χ0v) is 13.2. The van der Waals surface area contributed by atoms with E-state index < -0.39 is 5.97 Å². The number of aryl methyl sites for hydroxylation is 2. The van der Waals surface area contributed by atoms with Gasteiger partial charge in [0.1, 0.15) is 5.76 Å². The van der Waals surface area contributed by atoms with Gasteiger partial charge in [0.2, 0.25) is 5.91 Å². The van der Waals surface area contributed by atoms with Crippen LogP contribution in [0.3, 0.4) is 0 Å². The van der Waals surface area contributed by atoms with Crippen LogP contribution in [0.25, 0.3) is 0 Å². The van der Waals surface area contributed by atoms with Gasteiger partial charge < -0.3 is 14.9 Å². The molecule has 6 nitrogen and oxygen atoms in total. The fourth-order valence-corrected chi connectivity index (χ4v) is 3.06. The van der Waals surface area contributed by atoms with E-state index in [1.807, 2.05) is 13.8 Å². The molecule has 1 heterocycles. The molecule has 1 aromatic rings.